The Morgan fingerprint density at radius 2 is 2.22 bits per heavy atom. The molecule has 4 heteroatoms. The number of carboxylic acids is 1. The number of carbonyl (C=O) groups is 1. The van der Waals surface area contributed by atoms with Gasteiger partial charge in [0.15, 0.2) is 0 Å². The van der Waals surface area contributed by atoms with Gasteiger partial charge in [-0.2, -0.15) is 0 Å². The number of rotatable bonds is 8. The van der Waals surface area contributed by atoms with Gasteiger partial charge in [-0.3, -0.25) is 4.79 Å². The van der Waals surface area contributed by atoms with E-state index in [2.05, 4.69) is 17.2 Å². The van der Waals surface area contributed by atoms with Gasteiger partial charge in [-0.05, 0) is 37.3 Å². The fraction of sp³-hybridized carbons (Fsp3) is 0.571. The average molecular weight is 250 g/mol. The summed E-state index contributed by atoms with van der Waals surface area (Å²) in [6.07, 6.45) is 4.87. The molecule has 0 aromatic carbocycles. The van der Waals surface area contributed by atoms with Gasteiger partial charge in [0.25, 0.3) is 0 Å². The predicted octanol–water partition coefficient (Wildman–Crippen LogP) is 3.08. The maximum absolute atomic E-state index is 10.5. The summed E-state index contributed by atoms with van der Waals surface area (Å²) in [4.78, 5) is 14.8. The molecule has 4 nitrogen and oxygen atoms in total. The molecule has 1 unspecified atom stereocenters. The van der Waals surface area contributed by atoms with Crippen molar-refractivity contribution in [3.05, 3.63) is 23.9 Å². The van der Waals surface area contributed by atoms with Gasteiger partial charge in [0.1, 0.15) is 5.82 Å². The second kappa shape index (κ2) is 7.69. The minimum atomic E-state index is -0.707. The number of aromatic nitrogens is 1. The largest absolute Gasteiger partial charge is 0.481 e. The van der Waals surface area contributed by atoms with E-state index < -0.39 is 5.97 Å². The maximum atomic E-state index is 10.5. The molecule has 1 aromatic heterocycles. The van der Waals surface area contributed by atoms with E-state index in [0.717, 1.165) is 37.2 Å². The van der Waals surface area contributed by atoms with Crippen molar-refractivity contribution in [2.45, 2.75) is 39.5 Å². The molecule has 1 rings (SSSR count). The lowest BCUT2D eigenvalue weighted by Crippen LogP contribution is -2.11. The predicted molar refractivity (Wildman–Crippen MR) is 72.7 cm³/mol. The van der Waals surface area contributed by atoms with Crippen LogP contribution in [0.2, 0.25) is 0 Å². The summed E-state index contributed by atoms with van der Waals surface area (Å²) in [5.41, 5.74) is 1.15. The zero-order chi connectivity index (χ0) is 13.4. The Labute approximate surface area is 108 Å². The number of hydrogen-bond donors (Lipinski definition) is 2. The molecule has 0 spiro atoms. The van der Waals surface area contributed by atoms with Gasteiger partial charge in [-0.15, -0.1) is 0 Å². The molecule has 0 saturated heterocycles. The van der Waals surface area contributed by atoms with Crippen molar-refractivity contribution in [2.24, 2.45) is 5.92 Å². The van der Waals surface area contributed by atoms with Gasteiger partial charge in [0, 0.05) is 19.2 Å². The summed E-state index contributed by atoms with van der Waals surface area (Å²) in [7, 11) is 0. The number of aliphatic carboxylic acids is 1. The highest BCUT2D eigenvalue weighted by Gasteiger charge is 2.08. The van der Waals surface area contributed by atoms with E-state index in [1.165, 1.54) is 0 Å². The highest BCUT2D eigenvalue weighted by Crippen LogP contribution is 2.15. The standard InChI is InChI=1S/C14H22N2O2/c1-3-12(5-7-14(17)18)8-9-15-13-6-4-11(2)10-16-13/h4,6,10,12H,3,5,7-9H2,1-2H3,(H,15,16)(H,17,18). The Hall–Kier alpha value is -1.58. The fourth-order valence-electron chi connectivity index (χ4n) is 1.86. The van der Waals surface area contributed by atoms with Gasteiger partial charge in [-0.1, -0.05) is 19.4 Å². The Balaban J connectivity index is 2.26. The van der Waals surface area contributed by atoms with Crippen LogP contribution in [0.3, 0.4) is 0 Å². The number of nitrogens with zero attached hydrogens (tertiary/aromatic N) is 1. The summed E-state index contributed by atoms with van der Waals surface area (Å²) in [5, 5.41) is 11.9. The Kier molecular flexibility index (Phi) is 6.19. The summed E-state index contributed by atoms with van der Waals surface area (Å²) < 4.78 is 0. The number of anilines is 1. The van der Waals surface area contributed by atoms with Crippen molar-refractivity contribution in [1.82, 2.24) is 4.98 Å². The molecule has 0 fully saturated rings. The van der Waals surface area contributed by atoms with Crippen LogP contribution in [0.25, 0.3) is 0 Å². The molecular weight excluding hydrogens is 228 g/mol. The monoisotopic (exact) mass is 250 g/mol. The molecule has 18 heavy (non-hydrogen) atoms. The zero-order valence-corrected chi connectivity index (χ0v) is 11.1. The van der Waals surface area contributed by atoms with Crippen molar-refractivity contribution in [2.75, 3.05) is 11.9 Å². The third kappa shape index (κ3) is 5.66. The fourth-order valence-corrected chi connectivity index (χ4v) is 1.86. The first kappa shape index (κ1) is 14.5. The van der Waals surface area contributed by atoms with Crippen molar-refractivity contribution >= 4 is 11.8 Å². The third-order valence-corrected chi connectivity index (χ3v) is 3.11. The summed E-state index contributed by atoms with van der Waals surface area (Å²) in [5.74, 6) is 0.648. The van der Waals surface area contributed by atoms with Gasteiger partial charge in [0.2, 0.25) is 0 Å². The topological polar surface area (TPSA) is 62.2 Å². The molecular formula is C14H22N2O2. The van der Waals surface area contributed by atoms with E-state index in [1.807, 2.05) is 25.3 Å². The van der Waals surface area contributed by atoms with Crippen LogP contribution in [0.1, 0.15) is 38.2 Å². The molecule has 0 aliphatic heterocycles. The number of pyridine rings is 1. The van der Waals surface area contributed by atoms with Crippen molar-refractivity contribution in [1.29, 1.82) is 0 Å². The van der Waals surface area contributed by atoms with E-state index in [0.29, 0.717) is 5.92 Å². The lowest BCUT2D eigenvalue weighted by molar-refractivity contribution is -0.137. The number of carboxylic acid groups (broad SMARTS) is 1. The van der Waals surface area contributed by atoms with Gasteiger partial charge >= 0.3 is 5.97 Å². The smallest absolute Gasteiger partial charge is 0.303 e. The molecule has 0 amide bonds. The molecule has 2 N–H and O–H groups in total. The maximum Gasteiger partial charge on any atom is 0.303 e. The third-order valence-electron chi connectivity index (χ3n) is 3.11. The highest BCUT2D eigenvalue weighted by atomic mass is 16.4. The van der Waals surface area contributed by atoms with Crippen molar-refractivity contribution < 1.29 is 9.90 Å². The Bertz CT molecular complexity index is 363. The summed E-state index contributed by atoms with van der Waals surface area (Å²) in [6.45, 7) is 4.96. The second-order valence-corrected chi connectivity index (χ2v) is 4.64. The van der Waals surface area contributed by atoms with E-state index in [1.54, 1.807) is 0 Å². The summed E-state index contributed by atoms with van der Waals surface area (Å²) in [6, 6.07) is 3.99. The van der Waals surface area contributed by atoms with E-state index >= 15 is 0 Å². The molecule has 0 bridgehead atoms. The quantitative estimate of drug-likeness (QED) is 0.744. The molecule has 0 aliphatic carbocycles. The van der Waals surface area contributed by atoms with Crippen LogP contribution in [-0.4, -0.2) is 22.6 Å². The average Bonchev–Trinajstić information content (AvgIpc) is 2.35. The van der Waals surface area contributed by atoms with Crippen LogP contribution >= 0.6 is 0 Å². The molecule has 1 atom stereocenters. The molecule has 1 heterocycles. The van der Waals surface area contributed by atoms with Crippen molar-refractivity contribution in [3.63, 3.8) is 0 Å². The Morgan fingerprint density at radius 1 is 1.44 bits per heavy atom. The summed E-state index contributed by atoms with van der Waals surface area (Å²) >= 11 is 0. The van der Waals surface area contributed by atoms with Crippen LogP contribution in [0, 0.1) is 12.8 Å². The lowest BCUT2D eigenvalue weighted by atomic mass is 9.97. The van der Waals surface area contributed by atoms with Crippen LogP contribution < -0.4 is 5.32 Å². The molecule has 0 saturated carbocycles. The minimum absolute atomic E-state index is 0.265. The van der Waals surface area contributed by atoms with E-state index in [4.69, 9.17) is 5.11 Å². The number of aryl methyl sites for hydroxylation is 1. The van der Waals surface area contributed by atoms with Gasteiger partial charge in [0.05, 0.1) is 0 Å². The normalized spacial score (nSPS) is 12.1. The van der Waals surface area contributed by atoms with Gasteiger partial charge < -0.3 is 10.4 Å². The van der Waals surface area contributed by atoms with E-state index in [-0.39, 0.29) is 6.42 Å². The second-order valence-electron chi connectivity index (χ2n) is 4.64. The SMILES string of the molecule is CCC(CCNc1ccc(C)cn1)CCC(=O)O. The molecule has 0 radical (unpaired) electrons. The number of nitrogens with one attached hydrogen (secondary N) is 1. The first-order valence-electron chi connectivity index (χ1n) is 6.50. The minimum Gasteiger partial charge on any atom is -0.481 e. The van der Waals surface area contributed by atoms with Crippen LogP contribution in [0.15, 0.2) is 18.3 Å². The van der Waals surface area contributed by atoms with Crippen molar-refractivity contribution in [3.8, 4) is 0 Å². The van der Waals surface area contributed by atoms with Gasteiger partial charge in [-0.25, -0.2) is 4.98 Å². The molecule has 1 aromatic rings. The first-order valence-corrected chi connectivity index (χ1v) is 6.50. The van der Waals surface area contributed by atoms with Crippen LogP contribution in [0.5, 0.6) is 0 Å². The molecule has 100 valence electrons. The van der Waals surface area contributed by atoms with Crippen LogP contribution in [-0.2, 0) is 4.79 Å². The first-order chi connectivity index (χ1) is 8.61. The molecule has 0 aliphatic rings. The highest BCUT2D eigenvalue weighted by molar-refractivity contribution is 5.66. The number of hydrogen-bond acceptors (Lipinski definition) is 3. The Morgan fingerprint density at radius 3 is 2.78 bits per heavy atom. The lowest BCUT2D eigenvalue weighted by Gasteiger charge is -2.14. The van der Waals surface area contributed by atoms with E-state index in [9.17, 15) is 4.79 Å². The zero-order valence-electron chi connectivity index (χ0n) is 11.1. The van der Waals surface area contributed by atoms with Crippen LogP contribution in [0.4, 0.5) is 5.82 Å².